The molecule has 0 amide bonds. The Bertz CT molecular complexity index is 759. The number of nitro groups is 1. The van der Waals surface area contributed by atoms with Gasteiger partial charge in [0.25, 0.3) is 5.69 Å². The first-order chi connectivity index (χ1) is 11.3. The van der Waals surface area contributed by atoms with Crippen LogP contribution in [0.5, 0.6) is 17.2 Å². The van der Waals surface area contributed by atoms with Gasteiger partial charge in [0, 0.05) is 12.1 Å². The summed E-state index contributed by atoms with van der Waals surface area (Å²) < 4.78 is 49.9. The molecule has 24 heavy (non-hydrogen) atoms. The molecule has 0 radical (unpaired) electrons. The van der Waals surface area contributed by atoms with Crippen LogP contribution in [-0.2, 0) is 12.6 Å². The van der Waals surface area contributed by atoms with Crippen LogP contribution >= 0.6 is 0 Å². The van der Waals surface area contributed by atoms with Gasteiger partial charge in [-0.15, -0.1) is 0 Å². The lowest BCUT2D eigenvalue weighted by Crippen LogP contribution is -2.08. The van der Waals surface area contributed by atoms with E-state index in [-0.39, 0.29) is 11.5 Å². The molecule has 0 spiro atoms. The Morgan fingerprint density at radius 1 is 1.08 bits per heavy atom. The Morgan fingerprint density at radius 3 is 2.29 bits per heavy atom. The normalized spacial score (nSPS) is 11.2. The van der Waals surface area contributed by atoms with Gasteiger partial charge in [0.2, 0.25) is 0 Å². The molecule has 0 atom stereocenters. The summed E-state index contributed by atoms with van der Waals surface area (Å²) in [7, 11) is 1.38. The number of rotatable bonds is 5. The van der Waals surface area contributed by atoms with Crippen molar-refractivity contribution in [2.24, 2.45) is 0 Å². The molecule has 0 N–H and O–H groups in total. The molecule has 2 aromatic rings. The van der Waals surface area contributed by atoms with E-state index in [1.165, 1.54) is 13.2 Å². The van der Waals surface area contributed by atoms with Crippen LogP contribution in [0, 0.1) is 10.1 Å². The minimum Gasteiger partial charge on any atom is -0.493 e. The van der Waals surface area contributed by atoms with Crippen LogP contribution in [0.3, 0.4) is 0 Å². The smallest absolute Gasteiger partial charge is 0.420 e. The summed E-state index contributed by atoms with van der Waals surface area (Å²) in [6.45, 7) is 1.92. The van der Waals surface area contributed by atoms with E-state index >= 15 is 0 Å². The lowest BCUT2D eigenvalue weighted by Gasteiger charge is -2.15. The summed E-state index contributed by atoms with van der Waals surface area (Å²) in [6.07, 6.45) is -4.07. The van der Waals surface area contributed by atoms with Crippen LogP contribution in [-0.4, -0.2) is 12.0 Å². The Kier molecular flexibility index (Phi) is 4.96. The molecule has 2 rings (SSSR count). The number of ether oxygens (including phenoxy) is 2. The zero-order valence-corrected chi connectivity index (χ0v) is 12.9. The highest BCUT2D eigenvalue weighted by atomic mass is 19.4. The molecular formula is C16H14F3NO4. The van der Waals surface area contributed by atoms with Crippen molar-refractivity contribution in [2.75, 3.05) is 7.11 Å². The zero-order chi connectivity index (χ0) is 17.9. The number of alkyl halides is 3. The van der Waals surface area contributed by atoms with Crippen LogP contribution in [0.1, 0.15) is 18.1 Å². The number of methoxy groups -OCH3 is 1. The van der Waals surface area contributed by atoms with Crippen molar-refractivity contribution in [3.63, 3.8) is 0 Å². The van der Waals surface area contributed by atoms with Gasteiger partial charge >= 0.3 is 6.18 Å². The van der Waals surface area contributed by atoms with Crippen molar-refractivity contribution < 1.29 is 27.6 Å². The molecule has 0 aliphatic heterocycles. The minimum atomic E-state index is -4.79. The van der Waals surface area contributed by atoms with E-state index in [2.05, 4.69) is 0 Å². The Morgan fingerprint density at radius 2 is 1.75 bits per heavy atom. The molecule has 5 nitrogen and oxygen atoms in total. The van der Waals surface area contributed by atoms with Crippen LogP contribution in [0.25, 0.3) is 0 Å². The number of aryl methyl sites for hydroxylation is 1. The van der Waals surface area contributed by atoms with Gasteiger partial charge in [0.1, 0.15) is 11.3 Å². The second kappa shape index (κ2) is 6.77. The zero-order valence-electron chi connectivity index (χ0n) is 12.9. The van der Waals surface area contributed by atoms with E-state index < -0.39 is 28.1 Å². The number of halogens is 3. The first-order valence-corrected chi connectivity index (χ1v) is 6.96. The van der Waals surface area contributed by atoms with E-state index in [1.54, 1.807) is 12.1 Å². The standard InChI is InChI=1S/C16H14F3NO4/c1-3-10-4-6-14(15(8-10)23-2)24-13-7-5-11(20(21)22)9-12(13)16(17,18)19/h4-9H,3H2,1-2H3. The fourth-order valence-electron chi connectivity index (χ4n) is 2.08. The number of benzene rings is 2. The van der Waals surface area contributed by atoms with Gasteiger partial charge in [-0.1, -0.05) is 13.0 Å². The molecule has 8 heteroatoms. The number of hydrogen-bond donors (Lipinski definition) is 0. The topological polar surface area (TPSA) is 61.6 Å². The van der Waals surface area contributed by atoms with Gasteiger partial charge in [-0.25, -0.2) is 0 Å². The molecule has 0 unspecified atom stereocenters. The fourth-order valence-corrected chi connectivity index (χ4v) is 2.08. The third-order valence-corrected chi connectivity index (χ3v) is 3.34. The number of nitrogens with zero attached hydrogens (tertiary/aromatic N) is 1. The van der Waals surface area contributed by atoms with Crippen molar-refractivity contribution in [1.82, 2.24) is 0 Å². The number of nitro benzene ring substituents is 1. The number of hydrogen-bond acceptors (Lipinski definition) is 4. The van der Waals surface area contributed by atoms with Crippen molar-refractivity contribution in [3.05, 3.63) is 57.6 Å². The van der Waals surface area contributed by atoms with Crippen LogP contribution in [0.15, 0.2) is 36.4 Å². The largest absolute Gasteiger partial charge is 0.493 e. The lowest BCUT2D eigenvalue weighted by molar-refractivity contribution is -0.385. The Hall–Kier alpha value is -2.77. The molecule has 0 fully saturated rings. The summed E-state index contributed by atoms with van der Waals surface area (Å²) in [5, 5.41) is 10.7. The van der Waals surface area contributed by atoms with Gasteiger partial charge in [0.15, 0.2) is 11.5 Å². The summed E-state index contributed by atoms with van der Waals surface area (Å²) >= 11 is 0. The van der Waals surface area contributed by atoms with Gasteiger partial charge in [-0.05, 0) is 30.2 Å². The van der Waals surface area contributed by atoms with Crippen LogP contribution < -0.4 is 9.47 Å². The maximum atomic E-state index is 13.2. The third-order valence-electron chi connectivity index (χ3n) is 3.34. The van der Waals surface area contributed by atoms with Crippen molar-refractivity contribution >= 4 is 5.69 Å². The second-order valence-corrected chi connectivity index (χ2v) is 4.88. The fraction of sp³-hybridized carbons (Fsp3) is 0.250. The average Bonchev–Trinajstić information content (AvgIpc) is 2.54. The lowest BCUT2D eigenvalue weighted by atomic mass is 10.1. The molecule has 0 heterocycles. The molecule has 0 saturated carbocycles. The molecule has 0 saturated heterocycles. The van der Waals surface area contributed by atoms with E-state index in [9.17, 15) is 23.3 Å². The van der Waals surface area contributed by atoms with E-state index in [1.807, 2.05) is 6.92 Å². The van der Waals surface area contributed by atoms with E-state index in [4.69, 9.17) is 9.47 Å². The summed E-state index contributed by atoms with van der Waals surface area (Å²) in [4.78, 5) is 9.80. The molecule has 0 aliphatic carbocycles. The first-order valence-electron chi connectivity index (χ1n) is 6.96. The Labute approximate surface area is 135 Å². The highest BCUT2D eigenvalue weighted by Gasteiger charge is 2.36. The molecule has 0 aliphatic rings. The summed E-state index contributed by atoms with van der Waals surface area (Å²) in [5.41, 5.74) is -0.958. The summed E-state index contributed by atoms with van der Waals surface area (Å²) in [6, 6.07) is 7.19. The number of non-ortho nitro benzene ring substituents is 1. The highest BCUT2D eigenvalue weighted by molar-refractivity contribution is 5.50. The van der Waals surface area contributed by atoms with E-state index in [0.29, 0.717) is 6.07 Å². The van der Waals surface area contributed by atoms with Gasteiger partial charge in [-0.3, -0.25) is 10.1 Å². The van der Waals surface area contributed by atoms with Crippen LogP contribution in [0.4, 0.5) is 18.9 Å². The van der Waals surface area contributed by atoms with Gasteiger partial charge < -0.3 is 9.47 Å². The SMILES string of the molecule is CCc1ccc(Oc2ccc([N+](=O)[O-])cc2C(F)(F)F)c(OC)c1. The molecule has 128 valence electrons. The summed E-state index contributed by atoms with van der Waals surface area (Å²) in [5.74, 6) is -0.162. The maximum Gasteiger partial charge on any atom is 0.420 e. The predicted octanol–water partition coefficient (Wildman–Crippen LogP) is 4.98. The van der Waals surface area contributed by atoms with E-state index in [0.717, 1.165) is 24.1 Å². The highest BCUT2D eigenvalue weighted by Crippen LogP contribution is 2.42. The first kappa shape index (κ1) is 17.6. The molecule has 0 aromatic heterocycles. The Balaban J connectivity index is 2.48. The quantitative estimate of drug-likeness (QED) is 0.568. The van der Waals surface area contributed by atoms with Crippen LogP contribution in [0.2, 0.25) is 0 Å². The maximum absolute atomic E-state index is 13.2. The molecular weight excluding hydrogens is 327 g/mol. The molecule has 2 aromatic carbocycles. The third kappa shape index (κ3) is 3.76. The van der Waals surface area contributed by atoms with Crippen molar-refractivity contribution in [2.45, 2.75) is 19.5 Å². The van der Waals surface area contributed by atoms with Gasteiger partial charge in [0.05, 0.1) is 12.0 Å². The molecule has 0 bridgehead atoms. The average molecular weight is 341 g/mol. The van der Waals surface area contributed by atoms with Crippen molar-refractivity contribution in [1.29, 1.82) is 0 Å². The second-order valence-electron chi connectivity index (χ2n) is 4.88. The van der Waals surface area contributed by atoms with Crippen molar-refractivity contribution in [3.8, 4) is 17.2 Å². The predicted molar refractivity (Wildman–Crippen MR) is 80.5 cm³/mol. The monoisotopic (exact) mass is 341 g/mol. The minimum absolute atomic E-state index is 0.0917. The van der Waals surface area contributed by atoms with Gasteiger partial charge in [-0.2, -0.15) is 13.2 Å².